The van der Waals surface area contributed by atoms with Gasteiger partial charge in [-0.05, 0) is 62.3 Å². The number of nitrogens with one attached hydrogen (secondary N) is 2. The molecular weight excluding hydrogens is 392 g/mol. The van der Waals surface area contributed by atoms with Crippen LogP contribution in [0.3, 0.4) is 0 Å². The van der Waals surface area contributed by atoms with Crippen molar-refractivity contribution in [3.8, 4) is 0 Å². The van der Waals surface area contributed by atoms with Crippen LogP contribution in [0.5, 0.6) is 0 Å². The average molecular weight is 413 g/mol. The Bertz CT molecular complexity index is 1260. The Hall–Kier alpha value is -2.64. The molecule has 0 atom stereocenters. The number of nitrogens with zero attached hydrogens (tertiary/aromatic N) is 1. The molecule has 0 aliphatic heterocycles. The molecule has 2 aromatic carbocycles. The largest absolute Gasteiger partial charge is 0.369 e. The highest BCUT2D eigenvalue weighted by atomic mass is 32.1. The van der Waals surface area contributed by atoms with E-state index in [1.54, 1.807) is 12.1 Å². The van der Waals surface area contributed by atoms with Gasteiger partial charge in [-0.25, -0.2) is 13.8 Å². The first-order chi connectivity index (χ1) is 14.1. The van der Waals surface area contributed by atoms with E-state index in [9.17, 15) is 13.6 Å². The number of benzene rings is 2. The summed E-state index contributed by atoms with van der Waals surface area (Å²) in [4.78, 5) is 17.9. The van der Waals surface area contributed by atoms with Crippen molar-refractivity contribution in [2.75, 3.05) is 25.0 Å². The van der Waals surface area contributed by atoms with E-state index in [2.05, 4.69) is 22.5 Å². The molecule has 2 N–H and O–H groups in total. The second-order valence-electron chi connectivity index (χ2n) is 6.93. The molecular formula is C22H21F2N3OS. The van der Waals surface area contributed by atoms with E-state index >= 15 is 0 Å². The van der Waals surface area contributed by atoms with Crippen LogP contribution in [0.25, 0.3) is 31.1 Å². The van der Waals surface area contributed by atoms with Crippen LogP contribution in [0, 0.1) is 11.6 Å². The van der Waals surface area contributed by atoms with E-state index in [0.29, 0.717) is 43.4 Å². The fourth-order valence-electron chi connectivity index (χ4n) is 3.40. The summed E-state index contributed by atoms with van der Waals surface area (Å²) in [7, 11) is 0. The van der Waals surface area contributed by atoms with Gasteiger partial charge in [0.2, 0.25) is 0 Å². The molecule has 4 rings (SSSR count). The number of aromatic nitrogens is 1. The molecule has 2 heterocycles. The lowest BCUT2D eigenvalue weighted by Crippen LogP contribution is -2.19. The second kappa shape index (κ2) is 8.39. The van der Waals surface area contributed by atoms with Crippen molar-refractivity contribution in [2.45, 2.75) is 19.8 Å². The Morgan fingerprint density at radius 3 is 2.55 bits per heavy atom. The summed E-state index contributed by atoms with van der Waals surface area (Å²) < 4.78 is 29.0. The lowest BCUT2D eigenvalue weighted by Gasteiger charge is -2.12. The Morgan fingerprint density at radius 2 is 1.76 bits per heavy atom. The predicted octanol–water partition coefficient (Wildman–Crippen LogP) is 5.04. The lowest BCUT2D eigenvalue weighted by atomic mass is 10.1. The van der Waals surface area contributed by atoms with Gasteiger partial charge in [-0.15, -0.1) is 11.3 Å². The number of halogens is 2. The highest BCUT2D eigenvalue weighted by Gasteiger charge is 2.16. The van der Waals surface area contributed by atoms with Crippen LogP contribution in [0.2, 0.25) is 0 Å². The normalized spacial score (nSPS) is 11.6. The Kier molecular flexibility index (Phi) is 5.69. The molecule has 4 nitrogen and oxygen atoms in total. The molecule has 7 heteroatoms. The molecule has 0 radical (unpaired) electrons. The second-order valence-corrected chi connectivity index (χ2v) is 7.98. The summed E-state index contributed by atoms with van der Waals surface area (Å²) in [5.41, 5.74) is 0.226. The van der Waals surface area contributed by atoms with Crippen LogP contribution in [0.15, 0.2) is 41.2 Å². The molecule has 0 amide bonds. The molecule has 29 heavy (non-hydrogen) atoms. The van der Waals surface area contributed by atoms with Gasteiger partial charge in [-0.1, -0.05) is 6.92 Å². The van der Waals surface area contributed by atoms with Crippen molar-refractivity contribution < 1.29 is 8.78 Å². The van der Waals surface area contributed by atoms with E-state index in [-0.39, 0.29) is 5.43 Å². The van der Waals surface area contributed by atoms with Gasteiger partial charge < -0.3 is 10.6 Å². The number of fused-ring (bicyclic) bond motifs is 4. The fourth-order valence-corrected chi connectivity index (χ4v) is 4.53. The topological polar surface area (TPSA) is 54.0 Å². The van der Waals surface area contributed by atoms with E-state index in [1.165, 1.54) is 35.6 Å². The zero-order chi connectivity index (χ0) is 20.4. The summed E-state index contributed by atoms with van der Waals surface area (Å²) in [6.45, 7) is 4.67. The Labute approximate surface area is 170 Å². The maximum absolute atomic E-state index is 13.9. The van der Waals surface area contributed by atoms with Crippen molar-refractivity contribution in [3.63, 3.8) is 0 Å². The molecule has 4 aromatic rings. The van der Waals surface area contributed by atoms with Crippen LogP contribution in [0.4, 0.5) is 14.6 Å². The summed E-state index contributed by atoms with van der Waals surface area (Å²) >= 11 is 1.36. The number of anilines is 1. The number of hydrogen-bond acceptors (Lipinski definition) is 5. The molecule has 2 aromatic heterocycles. The molecule has 0 spiro atoms. The molecule has 0 saturated carbocycles. The zero-order valence-electron chi connectivity index (χ0n) is 16.0. The maximum Gasteiger partial charge on any atom is 0.196 e. The van der Waals surface area contributed by atoms with E-state index < -0.39 is 11.6 Å². The monoisotopic (exact) mass is 413 g/mol. The van der Waals surface area contributed by atoms with Gasteiger partial charge in [0.1, 0.15) is 17.5 Å². The van der Waals surface area contributed by atoms with Gasteiger partial charge in [-0.3, -0.25) is 4.79 Å². The minimum absolute atomic E-state index is 0.300. The molecule has 0 aliphatic rings. The predicted molar refractivity (Wildman–Crippen MR) is 117 cm³/mol. The third kappa shape index (κ3) is 3.93. The van der Waals surface area contributed by atoms with Crippen molar-refractivity contribution in [3.05, 3.63) is 58.3 Å². The van der Waals surface area contributed by atoms with Crippen LogP contribution in [-0.2, 0) is 0 Å². The smallest absolute Gasteiger partial charge is 0.196 e. The maximum atomic E-state index is 13.9. The number of rotatable bonds is 7. The first kappa shape index (κ1) is 19.7. The van der Waals surface area contributed by atoms with E-state index in [1.807, 2.05) is 0 Å². The molecule has 0 unspecified atom stereocenters. The van der Waals surface area contributed by atoms with Gasteiger partial charge in [0.25, 0.3) is 0 Å². The minimum Gasteiger partial charge on any atom is -0.369 e. The lowest BCUT2D eigenvalue weighted by molar-refractivity contribution is 0.629. The number of pyridine rings is 1. The SMILES string of the molecule is CCCNCCCNc1nc2ccc(F)cc2c2c(=O)c3cc(F)ccc3sc12. The van der Waals surface area contributed by atoms with Gasteiger partial charge in [-0.2, -0.15) is 0 Å². The van der Waals surface area contributed by atoms with Crippen molar-refractivity contribution in [1.29, 1.82) is 0 Å². The molecule has 0 fully saturated rings. The fraction of sp³-hybridized carbons (Fsp3) is 0.273. The minimum atomic E-state index is -0.469. The zero-order valence-corrected chi connectivity index (χ0v) is 16.8. The summed E-state index contributed by atoms with van der Waals surface area (Å²) in [6.07, 6.45) is 1.99. The first-order valence-electron chi connectivity index (χ1n) is 9.68. The van der Waals surface area contributed by atoms with Crippen molar-refractivity contribution >= 4 is 48.2 Å². The highest BCUT2D eigenvalue weighted by Crippen LogP contribution is 2.34. The summed E-state index contributed by atoms with van der Waals surface area (Å²) in [5, 5.41) is 7.80. The van der Waals surface area contributed by atoms with Gasteiger partial charge in [0, 0.05) is 22.0 Å². The Balaban J connectivity index is 1.86. The van der Waals surface area contributed by atoms with Crippen LogP contribution >= 0.6 is 11.3 Å². The number of hydrogen-bond donors (Lipinski definition) is 2. The Morgan fingerprint density at radius 1 is 1.00 bits per heavy atom. The molecule has 0 aliphatic carbocycles. The van der Waals surface area contributed by atoms with Gasteiger partial charge in [0.15, 0.2) is 5.43 Å². The molecule has 150 valence electrons. The van der Waals surface area contributed by atoms with Crippen LogP contribution in [-0.4, -0.2) is 24.6 Å². The molecule has 0 saturated heterocycles. The van der Waals surface area contributed by atoms with Crippen molar-refractivity contribution in [2.24, 2.45) is 0 Å². The van der Waals surface area contributed by atoms with Gasteiger partial charge >= 0.3 is 0 Å². The third-order valence-electron chi connectivity index (χ3n) is 4.78. The summed E-state index contributed by atoms with van der Waals surface area (Å²) in [5.74, 6) is -0.307. The van der Waals surface area contributed by atoms with Crippen molar-refractivity contribution in [1.82, 2.24) is 10.3 Å². The standard InChI is InChI=1S/C22H21F2N3OS/c1-2-8-25-9-3-10-26-22-21-19(15-11-13(23)4-6-17(15)27-22)20(28)16-12-14(24)5-7-18(16)29-21/h4-7,11-12,25H,2-3,8-10H2,1H3,(H,26,27). The first-order valence-corrected chi connectivity index (χ1v) is 10.5. The average Bonchev–Trinajstić information content (AvgIpc) is 2.71. The third-order valence-corrected chi connectivity index (χ3v) is 5.95. The highest BCUT2D eigenvalue weighted by molar-refractivity contribution is 7.25. The van der Waals surface area contributed by atoms with Crippen LogP contribution < -0.4 is 16.1 Å². The summed E-state index contributed by atoms with van der Waals surface area (Å²) in [6, 6.07) is 8.40. The van der Waals surface area contributed by atoms with Gasteiger partial charge in [0.05, 0.1) is 15.6 Å². The van der Waals surface area contributed by atoms with Crippen LogP contribution in [0.1, 0.15) is 19.8 Å². The quantitative estimate of drug-likeness (QED) is 0.253. The molecule has 0 bridgehead atoms. The van der Waals surface area contributed by atoms with E-state index in [4.69, 9.17) is 0 Å². The van der Waals surface area contributed by atoms with E-state index in [0.717, 1.165) is 25.9 Å².